The van der Waals surface area contributed by atoms with Crippen LogP contribution >= 0.6 is 11.3 Å². The van der Waals surface area contributed by atoms with Crippen LogP contribution in [-0.2, 0) is 6.54 Å². The molecule has 2 heterocycles. The smallest absolute Gasteiger partial charge is 0.263 e. The molecule has 0 saturated heterocycles. The van der Waals surface area contributed by atoms with Gasteiger partial charge in [-0.1, -0.05) is 18.6 Å². The molecule has 1 aliphatic carbocycles. The molecule has 2 aromatic heterocycles. The van der Waals surface area contributed by atoms with Gasteiger partial charge in [-0.2, -0.15) is 0 Å². The van der Waals surface area contributed by atoms with E-state index in [2.05, 4.69) is 15.6 Å². The fourth-order valence-electron chi connectivity index (χ4n) is 3.61. The molecule has 7 heteroatoms. The van der Waals surface area contributed by atoms with Gasteiger partial charge in [0.15, 0.2) is 0 Å². The van der Waals surface area contributed by atoms with Gasteiger partial charge in [0.25, 0.3) is 11.8 Å². The van der Waals surface area contributed by atoms with Gasteiger partial charge in [-0.05, 0) is 67.0 Å². The van der Waals surface area contributed by atoms with Crippen molar-refractivity contribution in [3.05, 3.63) is 76.2 Å². The SMILES string of the molecule is O=C(Nc1ccsc1C(=O)NCc1ccc(OC2CCCCC2)cc1)c1ccncc1. The van der Waals surface area contributed by atoms with Crippen molar-refractivity contribution in [2.45, 2.75) is 44.8 Å². The van der Waals surface area contributed by atoms with Crippen LogP contribution in [0.1, 0.15) is 57.7 Å². The number of thiophene rings is 1. The third kappa shape index (κ3) is 5.70. The first kappa shape index (κ1) is 21.1. The molecule has 0 atom stereocenters. The number of hydrogen-bond acceptors (Lipinski definition) is 5. The van der Waals surface area contributed by atoms with Crippen molar-refractivity contribution in [3.8, 4) is 5.75 Å². The molecule has 160 valence electrons. The van der Waals surface area contributed by atoms with Crippen LogP contribution in [-0.4, -0.2) is 22.9 Å². The first-order valence-electron chi connectivity index (χ1n) is 10.5. The van der Waals surface area contributed by atoms with E-state index in [1.54, 1.807) is 36.0 Å². The molecule has 3 aromatic rings. The van der Waals surface area contributed by atoms with Gasteiger partial charge in [-0.3, -0.25) is 14.6 Å². The molecule has 0 radical (unpaired) electrons. The molecule has 0 unspecified atom stereocenters. The summed E-state index contributed by atoms with van der Waals surface area (Å²) in [6, 6.07) is 12.9. The molecule has 2 N–H and O–H groups in total. The number of ether oxygens (including phenoxy) is 1. The number of nitrogens with zero attached hydrogens (tertiary/aromatic N) is 1. The summed E-state index contributed by atoms with van der Waals surface area (Å²) in [7, 11) is 0. The molecule has 0 bridgehead atoms. The summed E-state index contributed by atoms with van der Waals surface area (Å²) in [6.07, 6.45) is 9.46. The van der Waals surface area contributed by atoms with Crippen molar-refractivity contribution in [1.29, 1.82) is 0 Å². The molecule has 1 aliphatic rings. The van der Waals surface area contributed by atoms with E-state index in [4.69, 9.17) is 4.74 Å². The Balaban J connectivity index is 1.31. The number of hydrogen-bond donors (Lipinski definition) is 2. The third-order valence-electron chi connectivity index (χ3n) is 5.29. The van der Waals surface area contributed by atoms with Crippen molar-refractivity contribution in [2.24, 2.45) is 0 Å². The maximum absolute atomic E-state index is 12.7. The van der Waals surface area contributed by atoms with Gasteiger partial charge in [0.2, 0.25) is 0 Å². The maximum Gasteiger partial charge on any atom is 0.263 e. The van der Waals surface area contributed by atoms with Crippen LogP contribution in [0, 0.1) is 0 Å². The Hall–Kier alpha value is -3.19. The van der Waals surface area contributed by atoms with E-state index in [0.717, 1.165) is 24.2 Å². The van der Waals surface area contributed by atoms with Gasteiger partial charge in [-0.15, -0.1) is 11.3 Å². The third-order valence-corrected chi connectivity index (χ3v) is 6.21. The molecular formula is C24H25N3O3S. The van der Waals surface area contributed by atoms with Gasteiger partial charge < -0.3 is 15.4 Å². The normalized spacial score (nSPS) is 14.1. The predicted molar refractivity (Wildman–Crippen MR) is 122 cm³/mol. The number of amides is 2. The zero-order chi connectivity index (χ0) is 21.5. The second-order valence-electron chi connectivity index (χ2n) is 7.56. The monoisotopic (exact) mass is 435 g/mol. The lowest BCUT2D eigenvalue weighted by molar-refractivity contribution is 0.0955. The quantitative estimate of drug-likeness (QED) is 0.545. The van der Waals surface area contributed by atoms with Crippen LogP contribution in [0.5, 0.6) is 5.75 Å². The fourth-order valence-corrected chi connectivity index (χ4v) is 4.37. The number of aromatic nitrogens is 1. The minimum Gasteiger partial charge on any atom is -0.490 e. The number of benzene rings is 1. The highest BCUT2D eigenvalue weighted by molar-refractivity contribution is 7.12. The number of anilines is 1. The first-order valence-corrected chi connectivity index (χ1v) is 11.4. The number of rotatable bonds is 7. The van der Waals surface area contributed by atoms with E-state index in [-0.39, 0.29) is 11.8 Å². The summed E-state index contributed by atoms with van der Waals surface area (Å²) >= 11 is 1.29. The van der Waals surface area contributed by atoms with Gasteiger partial charge in [0, 0.05) is 24.5 Å². The second-order valence-corrected chi connectivity index (χ2v) is 8.47. The van der Waals surface area contributed by atoms with Crippen LogP contribution in [0.3, 0.4) is 0 Å². The average Bonchev–Trinajstić information content (AvgIpc) is 3.28. The summed E-state index contributed by atoms with van der Waals surface area (Å²) in [5.74, 6) is 0.382. The maximum atomic E-state index is 12.7. The number of nitrogens with one attached hydrogen (secondary N) is 2. The zero-order valence-electron chi connectivity index (χ0n) is 17.2. The highest BCUT2D eigenvalue weighted by Gasteiger charge is 2.17. The van der Waals surface area contributed by atoms with Gasteiger partial charge in [0.05, 0.1) is 11.8 Å². The summed E-state index contributed by atoms with van der Waals surface area (Å²) in [4.78, 5) is 29.4. The molecular weight excluding hydrogens is 410 g/mol. The second kappa shape index (κ2) is 10.2. The van der Waals surface area contributed by atoms with Crippen LogP contribution in [0.15, 0.2) is 60.2 Å². The van der Waals surface area contributed by atoms with Gasteiger partial charge >= 0.3 is 0 Å². The van der Waals surface area contributed by atoms with Crippen molar-refractivity contribution >= 4 is 28.8 Å². The van der Waals surface area contributed by atoms with E-state index in [0.29, 0.717) is 28.8 Å². The Morgan fingerprint density at radius 3 is 2.45 bits per heavy atom. The fraction of sp³-hybridized carbons (Fsp3) is 0.292. The molecule has 0 spiro atoms. The topological polar surface area (TPSA) is 80.3 Å². The van der Waals surface area contributed by atoms with Crippen molar-refractivity contribution in [3.63, 3.8) is 0 Å². The molecule has 2 amide bonds. The minimum atomic E-state index is -0.275. The Labute approximate surface area is 185 Å². The first-order chi connectivity index (χ1) is 15.2. The summed E-state index contributed by atoms with van der Waals surface area (Å²) in [5, 5.41) is 7.51. The zero-order valence-corrected chi connectivity index (χ0v) is 18.0. The summed E-state index contributed by atoms with van der Waals surface area (Å²) in [5.41, 5.74) is 1.98. The summed E-state index contributed by atoms with van der Waals surface area (Å²) < 4.78 is 6.05. The number of carbonyl (C=O) groups is 2. The van der Waals surface area contributed by atoms with Gasteiger partial charge in [0.1, 0.15) is 10.6 Å². The Morgan fingerprint density at radius 2 is 1.71 bits per heavy atom. The molecule has 4 rings (SSSR count). The average molecular weight is 436 g/mol. The lowest BCUT2D eigenvalue weighted by atomic mass is 9.98. The molecule has 1 aromatic carbocycles. The minimum absolute atomic E-state index is 0.220. The van der Waals surface area contributed by atoms with Crippen molar-refractivity contribution in [2.75, 3.05) is 5.32 Å². The molecule has 0 aliphatic heterocycles. The predicted octanol–water partition coefficient (Wildman–Crippen LogP) is 5.04. The van der Waals surface area contributed by atoms with E-state index < -0.39 is 0 Å². The van der Waals surface area contributed by atoms with Crippen molar-refractivity contribution in [1.82, 2.24) is 10.3 Å². The Morgan fingerprint density at radius 1 is 0.968 bits per heavy atom. The van der Waals surface area contributed by atoms with Crippen LogP contribution in [0.4, 0.5) is 5.69 Å². The Bertz CT molecular complexity index is 1010. The molecule has 1 fully saturated rings. The van der Waals surface area contributed by atoms with E-state index in [9.17, 15) is 9.59 Å². The lowest BCUT2D eigenvalue weighted by Crippen LogP contribution is -2.23. The van der Waals surface area contributed by atoms with E-state index in [1.165, 1.54) is 30.6 Å². The van der Waals surface area contributed by atoms with Crippen LogP contribution < -0.4 is 15.4 Å². The summed E-state index contributed by atoms with van der Waals surface area (Å²) in [6.45, 7) is 0.401. The van der Waals surface area contributed by atoms with Gasteiger partial charge in [-0.25, -0.2) is 0 Å². The van der Waals surface area contributed by atoms with Crippen LogP contribution in [0.2, 0.25) is 0 Å². The molecule has 6 nitrogen and oxygen atoms in total. The van der Waals surface area contributed by atoms with Crippen LogP contribution in [0.25, 0.3) is 0 Å². The molecule has 31 heavy (non-hydrogen) atoms. The number of pyridine rings is 1. The Kier molecular flexibility index (Phi) is 6.94. The highest BCUT2D eigenvalue weighted by atomic mass is 32.1. The van der Waals surface area contributed by atoms with E-state index in [1.807, 2.05) is 24.3 Å². The highest BCUT2D eigenvalue weighted by Crippen LogP contribution is 2.25. The van der Waals surface area contributed by atoms with Crippen molar-refractivity contribution < 1.29 is 14.3 Å². The standard InChI is InChI=1S/C24H25N3O3S/c28-23(18-10-13-25-14-11-18)27-21-12-15-31-22(21)24(29)26-16-17-6-8-20(9-7-17)30-19-4-2-1-3-5-19/h6-15,19H,1-5,16H2,(H,26,29)(H,27,28). The largest absolute Gasteiger partial charge is 0.490 e. The lowest BCUT2D eigenvalue weighted by Gasteiger charge is -2.23. The number of carbonyl (C=O) groups excluding carboxylic acids is 2. The van der Waals surface area contributed by atoms with E-state index >= 15 is 0 Å². The molecule has 1 saturated carbocycles.